The Morgan fingerprint density at radius 2 is 1.80 bits per heavy atom. The van der Waals surface area contributed by atoms with Gasteiger partial charge in [0.2, 0.25) is 0 Å². The van der Waals surface area contributed by atoms with E-state index in [4.69, 9.17) is 0 Å². The van der Waals surface area contributed by atoms with E-state index in [2.05, 4.69) is 57.3 Å². The first-order valence-electron chi connectivity index (χ1n) is 5.83. The summed E-state index contributed by atoms with van der Waals surface area (Å²) in [5.74, 6) is 1.21. The molecule has 0 N–H and O–H groups in total. The molecule has 0 aliphatic carbocycles. The summed E-state index contributed by atoms with van der Waals surface area (Å²) in [4.78, 5) is 4.54. The van der Waals surface area contributed by atoms with Crippen LogP contribution >= 0.6 is 0 Å². The summed E-state index contributed by atoms with van der Waals surface area (Å²) in [5.41, 5.74) is 0.294. The molecule has 0 fully saturated rings. The van der Waals surface area contributed by atoms with Gasteiger partial charge in [-0.15, -0.1) is 0 Å². The Kier molecular flexibility index (Phi) is 3.27. The van der Waals surface area contributed by atoms with E-state index in [0.717, 1.165) is 0 Å². The fourth-order valence-corrected chi connectivity index (χ4v) is 2.08. The Balaban J connectivity index is 3.10. The van der Waals surface area contributed by atoms with Gasteiger partial charge >= 0.3 is 0 Å². The molecule has 1 heterocycles. The maximum atomic E-state index is 4.54. The average molecular weight is 208 g/mol. The highest BCUT2D eigenvalue weighted by Crippen LogP contribution is 2.30. The second kappa shape index (κ2) is 3.99. The van der Waals surface area contributed by atoms with E-state index >= 15 is 0 Å². The van der Waals surface area contributed by atoms with Crippen LogP contribution in [-0.2, 0) is 11.0 Å². The van der Waals surface area contributed by atoms with Crippen LogP contribution in [0.5, 0.6) is 0 Å². The van der Waals surface area contributed by atoms with Crippen molar-refractivity contribution in [3.8, 4) is 0 Å². The highest BCUT2D eigenvalue weighted by atomic mass is 15.1. The van der Waals surface area contributed by atoms with Gasteiger partial charge in [-0.05, 0) is 27.2 Å². The molecule has 0 radical (unpaired) electrons. The minimum absolute atomic E-state index is 0.122. The van der Waals surface area contributed by atoms with Gasteiger partial charge in [-0.1, -0.05) is 27.2 Å². The number of nitrogens with zero attached hydrogens (tertiary/aromatic N) is 2. The molecule has 1 aromatic heterocycles. The van der Waals surface area contributed by atoms with Gasteiger partial charge in [0.15, 0.2) is 0 Å². The normalized spacial score (nSPS) is 13.2. The number of aromatic nitrogens is 2. The van der Waals surface area contributed by atoms with Crippen molar-refractivity contribution in [2.24, 2.45) is 0 Å². The standard InChI is InChI=1S/C13H24N2/c1-7-8-13(5,6)11-14-9-10-15(11)12(2,3)4/h9-10H,7-8H2,1-6H3. The topological polar surface area (TPSA) is 17.8 Å². The van der Waals surface area contributed by atoms with Crippen LogP contribution in [-0.4, -0.2) is 9.55 Å². The predicted octanol–water partition coefficient (Wildman–Crippen LogP) is 3.72. The number of imidazole rings is 1. The Labute approximate surface area is 93.7 Å². The van der Waals surface area contributed by atoms with Crippen molar-refractivity contribution in [3.63, 3.8) is 0 Å². The van der Waals surface area contributed by atoms with Crippen molar-refractivity contribution < 1.29 is 0 Å². The molecule has 2 heteroatoms. The van der Waals surface area contributed by atoms with Crippen molar-refractivity contribution in [1.29, 1.82) is 0 Å². The largest absolute Gasteiger partial charge is 0.329 e. The average Bonchev–Trinajstić information content (AvgIpc) is 2.49. The van der Waals surface area contributed by atoms with E-state index in [9.17, 15) is 0 Å². The zero-order valence-corrected chi connectivity index (χ0v) is 11.0. The first-order valence-corrected chi connectivity index (χ1v) is 5.83. The van der Waals surface area contributed by atoms with Gasteiger partial charge in [0.1, 0.15) is 5.82 Å². The van der Waals surface area contributed by atoms with Crippen molar-refractivity contribution >= 4 is 0 Å². The maximum Gasteiger partial charge on any atom is 0.114 e. The smallest absolute Gasteiger partial charge is 0.114 e. The highest BCUT2D eigenvalue weighted by molar-refractivity contribution is 5.09. The van der Waals surface area contributed by atoms with Crippen LogP contribution in [0.4, 0.5) is 0 Å². The van der Waals surface area contributed by atoms with Crippen molar-refractivity contribution in [2.75, 3.05) is 0 Å². The minimum Gasteiger partial charge on any atom is -0.329 e. The molecule has 0 saturated heterocycles. The molecule has 86 valence electrons. The van der Waals surface area contributed by atoms with E-state index in [1.54, 1.807) is 0 Å². The maximum absolute atomic E-state index is 4.54. The summed E-state index contributed by atoms with van der Waals surface area (Å²) in [6.07, 6.45) is 6.38. The van der Waals surface area contributed by atoms with Crippen LogP contribution < -0.4 is 0 Å². The summed E-state index contributed by atoms with van der Waals surface area (Å²) in [5, 5.41) is 0. The molecule has 2 nitrogen and oxygen atoms in total. The SMILES string of the molecule is CCCC(C)(C)c1nccn1C(C)(C)C. The lowest BCUT2D eigenvalue weighted by atomic mass is 9.86. The molecule has 0 aliphatic rings. The van der Waals surface area contributed by atoms with Gasteiger partial charge in [-0.2, -0.15) is 0 Å². The molecular weight excluding hydrogens is 184 g/mol. The molecule has 0 atom stereocenters. The van der Waals surface area contributed by atoms with Gasteiger partial charge in [0.05, 0.1) is 0 Å². The van der Waals surface area contributed by atoms with Gasteiger partial charge in [0.25, 0.3) is 0 Å². The van der Waals surface area contributed by atoms with Crippen LogP contribution in [0, 0.1) is 0 Å². The predicted molar refractivity (Wildman–Crippen MR) is 65.2 cm³/mol. The second-order valence-corrected chi connectivity index (χ2v) is 5.93. The van der Waals surface area contributed by atoms with E-state index in [0.29, 0.717) is 0 Å². The molecule has 0 spiro atoms. The molecule has 0 bridgehead atoms. The Hall–Kier alpha value is -0.790. The van der Waals surface area contributed by atoms with Crippen LogP contribution in [0.25, 0.3) is 0 Å². The number of hydrogen-bond donors (Lipinski definition) is 0. The van der Waals surface area contributed by atoms with E-state index in [1.807, 2.05) is 6.20 Å². The molecule has 0 amide bonds. The van der Waals surface area contributed by atoms with E-state index < -0.39 is 0 Å². The summed E-state index contributed by atoms with van der Waals surface area (Å²) in [6, 6.07) is 0. The first-order chi connectivity index (χ1) is 6.79. The molecule has 0 aliphatic heterocycles. The van der Waals surface area contributed by atoms with Crippen LogP contribution in [0.1, 0.15) is 60.2 Å². The number of rotatable bonds is 3. The van der Waals surface area contributed by atoms with Crippen LogP contribution in [0.15, 0.2) is 12.4 Å². The molecule has 0 unspecified atom stereocenters. The van der Waals surface area contributed by atoms with Crippen molar-refractivity contribution in [3.05, 3.63) is 18.2 Å². The summed E-state index contributed by atoms with van der Waals surface area (Å²) >= 11 is 0. The molecule has 1 aromatic rings. The van der Waals surface area contributed by atoms with Crippen LogP contribution in [0.3, 0.4) is 0 Å². The van der Waals surface area contributed by atoms with E-state index in [1.165, 1.54) is 18.7 Å². The molecular formula is C13H24N2. The van der Waals surface area contributed by atoms with Gasteiger partial charge in [-0.25, -0.2) is 4.98 Å². The lowest BCUT2D eigenvalue weighted by Crippen LogP contribution is -2.30. The zero-order valence-electron chi connectivity index (χ0n) is 11.0. The fraction of sp³-hybridized carbons (Fsp3) is 0.769. The zero-order chi connectivity index (χ0) is 11.7. The Morgan fingerprint density at radius 1 is 1.20 bits per heavy atom. The van der Waals surface area contributed by atoms with E-state index in [-0.39, 0.29) is 11.0 Å². The van der Waals surface area contributed by atoms with Crippen molar-refractivity contribution in [1.82, 2.24) is 9.55 Å². The lowest BCUT2D eigenvalue weighted by Gasteiger charge is -2.31. The lowest BCUT2D eigenvalue weighted by molar-refractivity contribution is 0.334. The third-order valence-corrected chi connectivity index (χ3v) is 2.84. The molecule has 0 saturated carbocycles. The van der Waals surface area contributed by atoms with Gasteiger partial charge in [0, 0.05) is 23.3 Å². The quantitative estimate of drug-likeness (QED) is 0.740. The minimum atomic E-state index is 0.122. The molecule has 15 heavy (non-hydrogen) atoms. The summed E-state index contributed by atoms with van der Waals surface area (Å²) in [6.45, 7) is 13.5. The molecule has 0 aromatic carbocycles. The van der Waals surface area contributed by atoms with Gasteiger partial charge in [-0.3, -0.25) is 0 Å². The number of hydrogen-bond acceptors (Lipinski definition) is 1. The first kappa shape index (κ1) is 12.3. The fourth-order valence-electron chi connectivity index (χ4n) is 2.08. The van der Waals surface area contributed by atoms with Gasteiger partial charge < -0.3 is 4.57 Å². The third kappa shape index (κ3) is 2.61. The van der Waals surface area contributed by atoms with Crippen LogP contribution in [0.2, 0.25) is 0 Å². The Morgan fingerprint density at radius 3 is 2.27 bits per heavy atom. The Bertz CT molecular complexity index is 316. The molecule has 1 rings (SSSR count). The summed E-state index contributed by atoms with van der Waals surface area (Å²) in [7, 11) is 0. The summed E-state index contributed by atoms with van der Waals surface area (Å²) < 4.78 is 2.29. The monoisotopic (exact) mass is 208 g/mol. The highest BCUT2D eigenvalue weighted by Gasteiger charge is 2.28. The third-order valence-electron chi connectivity index (χ3n) is 2.84. The van der Waals surface area contributed by atoms with Crippen molar-refractivity contribution in [2.45, 2.75) is 65.3 Å². The second-order valence-electron chi connectivity index (χ2n) is 5.93.